The molecule has 2 aliphatic carbocycles. The van der Waals surface area contributed by atoms with Gasteiger partial charge in [0.1, 0.15) is 17.3 Å². The molecular formula is C34H29ClN4O5S. The second-order valence-corrected chi connectivity index (χ2v) is 14.3. The Morgan fingerprint density at radius 2 is 1.80 bits per heavy atom. The van der Waals surface area contributed by atoms with Crippen LogP contribution in [0, 0.1) is 36.0 Å². The van der Waals surface area contributed by atoms with Crippen LogP contribution >= 0.6 is 22.9 Å². The second-order valence-electron chi connectivity index (χ2n) is 12.8. The van der Waals surface area contributed by atoms with E-state index in [9.17, 15) is 24.3 Å². The second kappa shape index (κ2) is 9.61. The van der Waals surface area contributed by atoms with Crippen molar-refractivity contribution in [2.24, 2.45) is 36.1 Å². The fourth-order valence-corrected chi connectivity index (χ4v) is 9.72. The number of aryl methyl sites for hydroxylation is 2. The van der Waals surface area contributed by atoms with Crippen molar-refractivity contribution in [1.29, 1.82) is 0 Å². The number of imide groups is 2. The first kappa shape index (κ1) is 28.2. The van der Waals surface area contributed by atoms with Crippen LogP contribution in [0.15, 0.2) is 60.2 Å². The summed E-state index contributed by atoms with van der Waals surface area (Å²) < 4.78 is 2.63. The third kappa shape index (κ3) is 3.81. The summed E-state index contributed by atoms with van der Waals surface area (Å²) in [6, 6.07) is 14.2. The quantitative estimate of drug-likeness (QED) is 0.226. The maximum Gasteiger partial charge on any atom is 0.242 e. The lowest BCUT2D eigenvalue weighted by Crippen LogP contribution is -2.48. The molecule has 2 saturated heterocycles. The van der Waals surface area contributed by atoms with Crippen LogP contribution in [-0.2, 0) is 26.2 Å². The summed E-state index contributed by atoms with van der Waals surface area (Å²) >= 11 is 7.84. The minimum absolute atomic E-state index is 0.0861. The van der Waals surface area contributed by atoms with Gasteiger partial charge in [-0.2, -0.15) is 5.10 Å². The van der Waals surface area contributed by atoms with E-state index in [4.69, 9.17) is 16.7 Å². The average Bonchev–Trinajstić information content (AvgIpc) is 3.69. The van der Waals surface area contributed by atoms with Gasteiger partial charge < -0.3 is 5.11 Å². The number of hydrogen-bond donors (Lipinski definition) is 2. The number of fused-ring (bicyclic) bond motifs is 5. The van der Waals surface area contributed by atoms with Crippen molar-refractivity contribution in [1.82, 2.24) is 15.1 Å². The van der Waals surface area contributed by atoms with E-state index in [1.54, 1.807) is 53.4 Å². The van der Waals surface area contributed by atoms with E-state index in [1.807, 2.05) is 38.1 Å². The largest absolute Gasteiger partial charge is 0.508 e. The SMILES string of the molecule is Cc1c(-c2cc(N3C(=O)C4CC5C(=CCC6C(=O)NC(=O)C65)C(c5ccc(O)cc5)C4(C)C3=O)n(C)n2)sc2ccc(Cl)cc12. The average molecular weight is 641 g/mol. The predicted molar refractivity (Wildman–Crippen MR) is 170 cm³/mol. The predicted octanol–water partition coefficient (Wildman–Crippen LogP) is 5.49. The van der Waals surface area contributed by atoms with Crippen LogP contribution in [0.25, 0.3) is 20.7 Å². The maximum absolute atomic E-state index is 14.7. The summed E-state index contributed by atoms with van der Waals surface area (Å²) in [6.07, 6.45) is 2.67. The Balaban J connectivity index is 1.25. The van der Waals surface area contributed by atoms with E-state index in [0.717, 1.165) is 31.7 Å². The van der Waals surface area contributed by atoms with Gasteiger partial charge >= 0.3 is 0 Å². The van der Waals surface area contributed by atoms with Gasteiger partial charge in [-0.05, 0) is 79.5 Å². The normalized spacial score (nSPS) is 29.1. The fraction of sp³-hybridized carbons (Fsp3) is 0.324. The highest BCUT2D eigenvalue weighted by Gasteiger charge is 2.67. The number of thiophene rings is 1. The lowest BCUT2D eigenvalue weighted by atomic mass is 9.51. The number of nitrogens with zero attached hydrogens (tertiary/aromatic N) is 3. The Labute approximate surface area is 267 Å². The van der Waals surface area contributed by atoms with Crippen molar-refractivity contribution in [2.45, 2.75) is 32.6 Å². The van der Waals surface area contributed by atoms with E-state index < -0.39 is 29.1 Å². The Kier molecular flexibility index (Phi) is 6.02. The third-order valence-electron chi connectivity index (χ3n) is 10.6. The van der Waals surface area contributed by atoms with Gasteiger partial charge in [-0.3, -0.25) is 29.2 Å². The number of carbonyl (C=O) groups is 4. The molecule has 2 N–H and O–H groups in total. The standard InChI is InChI=1S/C34H29ClN4O5S/c1-15-21-12-17(35)6-11-25(21)45-29(15)24-14-26(38(3)37-24)39-32(43)23-13-22-19(9-10-20-27(22)31(42)36-30(20)41)28(34(23,2)33(39)44)16-4-7-18(40)8-5-16/h4-9,11-12,14,20,22-23,27-28,40H,10,13H2,1-3H3,(H,36,41,42). The first-order valence-corrected chi connectivity index (χ1v) is 16.1. The number of aromatic nitrogens is 2. The van der Waals surface area contributed by atoms with Crippen LogP contribution < -0.4 is 10.2 Å². The van der Waals surface area contributed by atoms with Crippen LogP contribution in [0.4, 0.5) is 5.82 Å². The van der Waals surface area contributed by atoms with Gasteiger partial charge in [-0.15, -0.1) is 11.3 Å². The number of nitrogens with one attached hydrogen (secondary N) is 1. The highest BCUT2D eigenvalue weighted by molar-refractivity contribution is 7.22. The molecule has 2 aromatic carbocycles. The zero-order valence-electron chi connectivity index (χ0n) is 24.7. The van der Waals surface area contributed by atoms with Gasteiger partial charge in [0.2, 0.25) is 23.6 Å². The van der Waals surface area contributed by atoms with Crippen LogP contribution in [0.3, 0.4) is 0 Å². The summed E-state index contributed by atoms with van der Waals surface area (Å²) in [5.41, 5.74) is 2.17. The molecule has 6 unspecified atom stereocenters. The van der Waals surface area contributed by atoms with Gasteiger partial charge in [0.15, 0.2) is 0 Å². The Morgan fingerprint density at radius 1 is 1.04 bits per heavy atom. The zero-order chi connectivity index (χ0) is 31.5. The topological polar surface area (TPSA) is 122 Å². The lowest BCUT2D eigenvalue weighted by Gasteiger charge is -2.49. The molecule has 9 nitrogen and oxygen atoms in total. The summed E-state index contributed by atoms with van der Waals surface area (Å²) in [4.78, 5) is 57.1. The van der Waals surface area contributed by atoms with Crippen molar-refractivity contribution >= 4 is 62.5 Å². The maximum atomic E-state index is 14.7. The molecule has 0 spiro atoms. The molecule has 4 aliphatic rings. The van der Waals surface area contributed by atoms with Crippen molar-refractivity contribution in [3.05, 3.63) is 76.3 Å². The number of benzene rings is 2. The number of rotatable bonds is 3. The van der Waals surface area contributed by atoms with E-state index >= 15 is 0 Å². The van der Waals surface area contributed by atoms with Crippen molar-refractivity contribution < 1.29 is 24.3 Å². The van der Waals surface area contributed by atoms with Gasteiger partial charge in [-0.25, -0.2) is 4.90 Å². The molecule has 45 heavy (non-hydrogen) atoms. The van der Waals surface area contributed by atoms with Crippen molar-refractivity contribution in [3.8, 4) is 16.3 Å². The molecule has 228 valence electrons. The Morgan fingerprint density at radius 3 is 2.56 bits per heavy atom. The molecule has 2 aromatic heterocycles. The summed E-state index contributed by atoms with van der Waals surface area (Å²) in [5.74, 6) is -3.55. The van der Waals surface area contributed by atoms with Crippen molar-refractivity contribution in [2.75, 3.05) is 4.90 Å². The number of aromatic hydroxyl groups is 1. The lowest BCUT2D eigenvalue weighted by molar-refractivity contribution is -0.131. The number of carbonyl (C=O) groups excluding carboxylic acids is 4. The first-order chi connectivity index (χ1) is 21.5. The molecule has 4 heterocycles. The van der Waals surface area contributed by atoms with Gasteiger partial charge in [0.05, 0.1) is 28.0 Å². The third-order valence-corrected chi connectivity index (χ3v) is 12.1. The number of phenols is 1. The molecule has 11 heteroatoms. The molecular weight excluding hydrogens is 612 g/mol. The van der Waals surface area contributed by atoms with Crippen LogP contribution in [0.2, 0.25) is 5.02 Å². The molecule has 0 radical (unpaired) electrons. The highest BCUT2D eigenvalue weighted by Crippen LogP contribution is 2.63. The van der Waals surface area contributed by atoms with Gasteiger partial charge in [0, 0.05) is 28.8 Å². The van der Waals surface area contributed by atoms with E-state index in [0.29, 0.717) is 23.0 Å². The number of anilines is 1. The smallest absolute Gasteiger partial charge is 0.242 e. The van der Waals surface area contributed by atoms with E-state index in [2.05, 4.69) is 5.32 Å². The monoisotopic (exact) mass is 640 g/mol. The summed E-state index contributed by atoms with van der Waals surface area (Å²) in [6.45, 7) is 3.85. The zero-order valence-corrected chi connectivity index (χ0v) is 26.3. The van der Waals surface area contributed by atoms with Gasteiger partial charge in [0.25, 0.3) is 0 Å². The molecule has 4 aromatic rings. The van der Waals surface area contributed by atoms with E-state index in [1.165, 1.54) is 4.90 Å². The van der Waals surface area contributed by atoms with Crippen molar-refractivity contribution in [3.63, 3.8) is 0 Å². The van der Waals surface area contributed by atoms with Crippen LogP contribution in [-0.4, -0.2) is 38.5 Å². The minimum atomic E-state index is -1.17. The minimum Gasteiger partial charge on any atom is -0.508 e. The van der Waals surface area contributed by atoms with Gasteiger partial charge in [-0.1, -0.05) is 35.4 Å². The fourth-order valence-electron chi connectivity index (χ4n) is 8.41. The summed E-state index contributed by atoms with van der Waals surface area (Å²) in [5, 5.41) is 19.0. The number of amides is 4. The summed E-state index contributed by atoms with van der Waals surface area (Å²) in [7, 11) is 1.72. The number of phenolic OH excluding ortho intramolecular Hbond substituents is 1. The highest BCUT2D eigenvalue weighted by atomic mass is 35.5. The number of allylic oxidation sites excluding steroid dienone is 2. The molecule has 2 aliphatic heterocycles. The molecule has 0 bridgehead atoms. The van der Waals surface area contributed by atoms with Crippen LogP contribution in [0.1, 0.15) is 36.8 Å². The molecule has 4 amide bonds. The van der Waals surface area contributed by atoms with E-state index in [-0.39, 0.29) is 41.7 Å². The van der Waals surface area contributed by atoms with Crippen LogP contribution in [0.5, 0.6) is 5.75 Å². The molecule has 6 atom stereocenters. The molecule has 3 fully saturated rings. The Hall–Kier alpha value is -4.28. The number of halogens is 1. The number of hydrogen-bond acceptors (Lipinski definition) is 7. The molecule has 1 saturated carbocycles. The molecule has 8 rings (SSSR count). The first-order valence-electron chi connectivity index (χ1n) is 14.9. The Bertz CT molecular complexity index is 2030.